The van der Waals surface area contributed by atoms with Crippen LogP contribution in [0.2, 0.25) is 0 Å². The number of furan rings is 1. The number of anilines is 3. The molecule has 0 saturated carbocycles. The van der Waals surface area contributed by atoms with Crippen LogP contribution in [0.15, 0.2) is 199 Å². The summed E-state index contributed by atoms with van der Waals surface area (Å²) in [7, 11) is 0. The van der Waals surface area contributed by atoms with Crippen LogP contribution in [0.4, 0.5) is 17.1 Å². The topological polar surface area (TPSA) is 16.4 Å². The van der Waals surface area contributed by atoms with Gasteiger partial charge in [-0.2, -0.15) is 0 Å². The molecule has 1 atom stereocenters. The van der Waals surface area contributed by atoms with E-state index in [2.05, 4.69) is 199 Å². The number of hydrogen-bond acceptors (Lipinski definition) is 3. The van der Waals surface area contributed by atoms with Crippen molar-refractivity contribution in [2.45, 2.75) is 25.2 Å². The van der Waals surface area contributed by atoms with E-state index in [9.17, 15) is 0 Å². The van der Waals surface area contributed by atoms with Gasteiger partial charge >= 0.3 is 0 Å². The van der Waals surface area contributed by atoms with Crippen molar-refractivity contribution in [3.05, 3.63) is 211 Å². The molecular formula is C56H39NOS. The van der Waals surface area contributed by atoms with Crippen molar-refractivity contribution in [1.29, 1.82) is 0 Å². The van der Waals surface area contributed by atoms with E-state index >= 15 is 0 Å². The Balaban J connectivity index is 1.12. The van der Waals surface area contributed by atoms with E-state index in [1.165, 1.54) is 75.3 Å². The monoisotopic (exact) mass is 773 g/mol. The number of nitrogens with zero attached hydrogens (tertiary/aromatic N) is 1. The molecule has 0 fully saturated rings. The van der Waals surface area contributed by atoms with Crippen molar-refractivity contribution in [2.75, 3.05) is 4.90 Å². The van der Waals surface area contributed by atoms with Gasteiger partial charge in [0, 0.05) is 53.6 Å². The fourth-order valence-corrected chi connectivity index (χ4v) is 11.0. The Bertz CT molecular complexity index is 3380. The third-order valence-electron chi connectivity index (χ3n) is 12.5. The minimum atomic E-state index is 0.319. The Kier molecular flexibility index (Phi) is 8.02. The maximum absolute atomic E-state index is 6.70. The summed E-state index contributed by atoms with van der Waals surface area (Å²) in [4.78, 5) is 2.45. The van der Waals surface area contributed by atoms with E-state index in [1.54, 1.807) is 0 Å². The van der Waals surface area contributed by atoms with Crippen LogP contribution in [0.5, 0.6) is 0 Å². The molecule has 3 heteroatoms. The molecule has 280 valence electrons. The average Bonchev–Trinajstić information content (AvgIpc) is 3.81. The van der Waals surface area contributed by atoms with Crippen molar-refractivity contribution >= 4 is 81.3 Å². The molecule has 0 saturated heterocycles. The van der Waals surface area contributed by atoms with Crippen LogP contribution >= 0.6 is 11.3 Å². The lowest BCUT2D eigenvalue weighted by Gasteiger charge is -2.28. The van der Waals surface area contributed by atoms with Crippen molar-refractivity contribution < 1.29 is 4.42 Å². The molecule has 2 heterocycles. The Hall–Kier alpha value is -6.94. The van der Waals surface area contributed by atoms with Gasteiger partial charge in [0.05, 0.1) is 0 Å². The van der Waals surface area contributed by atoms with Crippen LogP contribution in [0.1, 0.15) is 29.0 Å². The lowest BCUT2D eigenvalue weighted by Crippen LogP contribution is -2.11. The van der Waals surface area contributed by atoms with Gasteiger partial charge in [0.25, 0.3) is 0 Å². The molecule has 59 heavy (non-hydrogen) atoms. The quantitative estimate of drug-likeness (QED) is 0.167. The van der Waals surface area contributed by atoms with Gasteiger partial charge in [0.2, 0.25) is 0 Å². The highest BCUT2D eigenvalue weighted by atomic mass is 32.1. The van der Waals surface area contributed by atoms with E-state index in [0.29, 0.717) is 5.92 Å². The fraction of sp³-hybridized carbons (Fsp3) is 0.0714. The van der Waals surface area contributed by atoms with Crippen molar-refractivity contribution in [3.63, 3.8) is 0 Å². The normalized spacial score (nSPS) is 13.9. The Morgan fingerprint density at radius 2 is 1.22 bits per heavy atom. The molecule has 11 aromatic rings. The molecule has 2 aromatic heterocycles. The van der Waals surface area contributed by atoms with E-state index in [0.717, 1.165) is 52.9 Å². The second-order valence-electron chi connectivity index (χ2n) is 16.0. The molecule has 2 nitrogen and oxygen atoms in total. The van der Waals surface area contributed by atoms with Crippen molar-refractivity contribution in [3.8, 4) is 22.3 Å². The molecule has 0 N–H and O–H groups in total. The van der Waals surface area contributed by atoms with E-state index in [-0.39, 0.29) is 0 Å². The summed E-state index contributed by atoms with van der Waals surface area (Å²) in [6.45, 7) is 0. The zero-order valence-corrected chi connectivity index (χ0v) is 33.3. The predicted molar refractivity (Wildman–Crippen MR) is 251 cm³/mol. The van der Waals surface area contributed by atoms with Gasteiger partial charge in [-0.15, -0.1) is 11.3 Å². The van der Waals surface area contributed by atoms with Gasteiger partial charge in [-0.25, -0.2) is 0 Å². The number of para-hydroxylation sites is 2. The van der Waals surface area contributed by atoms with Gasteiger partial charge in [-0.3, -0.25) is 0 Å². The highest BCUT2D eigenvalue weighted by molar-refractivity contribution is 7.25. The molecular weight excluding hydrogens is 735 g/mol. The molecule has 1 unspecified atom stereocenters. The highest BCUT2D eigenvalue weighted by Gasteiger charge is 2.29. The summed E-state index contributed by atoms with van der Waals surface area (Å²) < 4.78 is 9.31. The average molecular weight is 774 g/mol. The summed E-state index contributed by atoms with van der Waals surface area (Å²) >= 11 is 1.87. The molecule has 0 bridgehead atoms. The zero-order valence-electron chi connectivity index (χ0n) is 32.4. The van der Waals surface area contributed by atoms with Gasteiger partial charge < -0.3 is 9.32 Å². The number of benzene rings is 9. The van der Waals surface area contributed by atoms with E-state index in [4.69, 9.17) is 4.42 Å². The fourth-order valence-electron chi connectivity index (χ4n) is 9.82. The largest absolute Gasteiger partial charge is 0.456 e. The number of thiophene rings is 1. The Morgan fingerprint density at radius 3 is 2.10 bits per heavy atom. The number of rotatable bonds is 6. The smallest absolute Gasteiger partial charge is 0.136 e. The van der Waals surface area contributed by atoms with Crippen LogP contribution in [-0.4, -0.2) is 0 Å². The number of fused-ring (bicyclic) bond motifs is 10. The van der Waals surface area contributed by atoms with Gasteiger partial charge in [-0.05, 0) is 124 Å². The third-order valence-corrected chi connectivity index (χ3v) is 13.6. The van der Waals surface area contributed by atoms with Gasteiger partial charge in [-0.1, -0.05) is 140 Å². The van der Waals surface area contributed by atoms with Crippen LogP contribution in [0.3, 0.4) is 0 Å². The maximum Gasteiger partial charge on any atom is 0.136 e. The minimum absolute atomic E-state index is 0.319. The summed E-state index contributed by atoms with van der Waals surface area (Å²) in [5.41, 5.74) is 14.5. The maximum atomic E-state index is 6.70. The second kappa shape index (κ2) is 13.9. The van der Waals surface area contributed by atoms with Crippen LogP contribution in [-0.2, 0) is 12.8 Å². The standard InChI is InChI=1S/C56H39NOS/c1-3-14-38(15-4-1)55-54-41(33-51-56(55)48-20-9-11-21-50(48)58-51)26-25-40(32-36-23-24-37-13-7-8-16-39(37)31-36)45-29-27-43(34-49(45)54)57(42-17-5-2-6-18-42)44-28-30-47-46-19-10-12-22-52(46)59-53(47)35-44/h1-24,27-31,33-35,40H,25-26,32H2. The second-order valence-corrected chi connectivity index (χ2v) is 17.0. The summed E-state index contributed by atoms with van der Waals surface area (Å²) in [6, 6.07) is 71.5. The van der Waals surface area contributed by atoms with E-state index < -0.39 is 0 Å². The molecule has 9 aromatic carbocycles. The van der Waals surface area contributed by atoms with Gasteiger partial charge in [0.15, 0.2) is 0 Å². The molecule has 1 aliphatic rings. The summed E-state index contributed by atoms with van der Waals surface area (Å²) in [5, 5.41) is 7.54. The molecule has 0 radical (unpaired) electrons. The van der Waals surface area contributed by atoms with Crippen molar-refractivity contribution in [2.24, 2.45) is 0 Å². The zero-order chi connectivity index (χ0) is 38.9. The first-order valence-electron chi connectivity index (χ1n) is 20.6. The lowest BCUT2D eigenvalue weighted by atomic mass is 9.83. The molecule has 0 spiro atoms. The highest BCUT2D eigenvalue weighted by Crippen LogP contribution is 2.51. The third kappa shape index (κ3) is 5.76. The minimum Gasteiger partial charge on any atom is -0.456 e. The first-order chi connectivity index (χ1) is 29.2. The van der Waals surface area contributed by atoms with Crippen LogP contribution in [0, 0.1) is 0 Å². The SMILES string of the molecule is c1ccc(-c2c3c(cc4oc5ccccc5c24)CCC(Cc2ccc4ccccc4c2)c2ccc(N(c4ccccc4)c4ccc5c(c4)sc4ccccc45)cc2-3)cc1. The molecule has 1 aliphatic carbocycles. The van der Waals surface area contributed by atoms with E-state index in [1.807, 2.05) is 11.3 Å². The van der Waals surface area contributed by atoms with Gasteiger partial charge in [0.1, 0.15) is 11.2 Å². The molecule has 0 amide bonds. The summed E-state index contributed by atoms with van der Waals surface area (Å²) in [6.07, 6.45) is 2.96. The lowest BCUT2D eigenvalue weighted by molar-refractivity contribution is 0.628. The Morgan fingerprint density at radius 1 is 0.508 bits per heavy atom. The number of aryl methyl sites for hydroxylation is 1. The summed E-state index contributed by atoms with van der Waals surface area (Å²) in [5.74, 6) is 0.319. The molecule has 0 aliphatic heterocycles. The van der Waals surface area contributed by atoms with Crippen LogP contribution < -0.4 is 4.90 Å². The van der Waals surface area contributed by atoms with Crippen molar-refractivity contribution in [1.82, 2.24) is 0 Å². The van der Waals surface area contributed by atoms with Crippen LogP contribution in [0.25, 0.3) is 75.1 Å². The molecule has 12 rings (SSSR count). The Labute approximate surface area is 347 Å². The predicted octanol–water partition coefficient (Wildman–Crippen LogP) is 16.2. The first-order valence-corrected chi connectivity index (χ1v) is 21.5. The number of hydrogen-bond donors (Lipinski definition) is 0. The first kappa shape index (κ1) is 34.1.